The Kier molecular flexibility index (Phi) is 5.53. The fourth-order valence-electron chi connectivity index (χ4n) is 11.7. The number of carbonyl (C=O) groups is 2. The Hall–Kier alpha value is -1.90. The third kappa shape index (κ3) is 3.18. The molecule has 0 aliphatic heterocycles. The quantitative estimate of drug-likeness (QED) is 0.422. The van der Waals surface area contributed by atoms with Crippen molar-refractivity contribution in [1.29, 1.82) is 0 Å². The molecule has 6 unspecified atom stereocenters. The first kappa shape index (κ1) is 25.4. The second-order valence-electron chi connectivity index (χ2n) is 14.9. The van der Waals surface area contributed by atoms with Crippen molar-refractivity contribution in [2.24, 2.45) is 50.7 Å². The molecule has 0 radical (unpaired) electrons. The van der Waals surface area contributed by atoms with Gasteiger partial charge >= 0.3 is 5.97 Å². The largest absolute Gasteiger partial charge is 0.478 e. The SMILES string of the molecule is CC1(C)C(c2ccc(C(=O)O)cc2)=CCC2(C)C1CCC1(C)C2CCC2[C@H]3CCCC3(C=O)CC[C@]21C. The summed E-state index contributed by atoms with van der Waals surface area (Å²) in [6.45, 7) is 12.8. The van der Waals surface area contributed by atoms with E-state index in [9.17, 15) is 14.7 Å². The van der Waals surface area contributed by atoms with Gasteiger partial charge in [-0.25, -0.2) is 4.79 Å². The van der Waals surface area contributed by atoms with E-state index < -0.39 is 5.97 Å². The van der Waals surface area contributed by atoms with E-state index in [0.717, 1.165) is 19.3 Å². The van der Waals surface area contributed by atoms with Gasteiger partial charge in [-0.2, -0.15) is 0 Å². The lowest BCUT2D eigenvalue weighted by Crippen LogP contribution is -2.65. The van der Waals surface area contributed by atoms with Crippen molar-refractivity contribution in [1.82, 2.24) is 0 Å². The van der Waals surface area contributed by atoms with E-state index in [1.165, 1.54) is 62.4 Å². The maximum atomic E-state index is 12.4. The standard InChI is InChI=1S/C34H46O3/c1-30(2)24(22-8-10-23(11-9-22)29(36)37)14-17-31(3)27(30)15-18-33(5)28(31)13-12-25-26-7-6-16-34(26,21-35)20-19-32(25,33)4/h8-11,14,21,25-28H,6-7,12-13,15-20H2,1-5H3,(H,36,37)/t25?,26-,27?,28?,31?,32-,33?,34?/m1/s1. The molecule has 0 amide bonds. The number of fused-ring (bicyclic) bond motifs is 7. The van der Waals surface area contributed by atoms with Gasteiger partial charge in [0.15, 0.2) is 0 Å². The van der Waals surface area contributed by atoms with Crippen LogP contribution < -0.4 is 0 Å². The van der Waals surface area contributed by atoms with Crippen LogP contribution in [0.5, 0.6) is 0 Å². The minimum Gasteiger partial charge on any atom is -0.478 e. The third-order valence-corrected chi connectivity index (χ3v) is 13.7. The van der Waals surface area contributed by atoms with Gasteiger partial charge < -0.3 is 9.90 Å². The molecular formula is C34H46O3. The first-order valence-electron chi connectivity index (χ1n) is 14.9. The normalized spacial score (nSPS) is 46.0. The van der Waals surface area contributed by atoms with Gasteiger partial charge in [0.2, 0.25) is 0 Å². The average Bonchev–Trinajstić information content (AvgIpc) is 3.29. The van der Waals surface area contributed by atoms with Gasteiger partial charge in [0.1, 0.15) is 6.29 Å². The highest BCUT2D eigenvalue weighted by atomic mass is 16.4. The van der Waals surface area contributed by atoms with Crippen molar-refractivity contribution in [3.63, 3.8) is 0 Å². The van der Waals surface area contributed by atoms with Gasteiger partial charge in [-0.15, -0.1) is 0 Å². The maximum Gasteiger partial charge on any atom is 0.335 e. The number of allylic oxidation sites excluding steroid dienone is 2. The van der Waals surface area contributed by atoms with Crippen LogP contribution in [0.1, 0.15) is 115 Å². The van der Waals surface area contributed by atoms with E-state index in [1.807, 2.05) is 12.1 Å². The molecule has 200 valence electrons. The van der Waals surface area contributed by atoms with Crippen LogP contribution in [-0.4, -0.2) is 17.4 Å². The van der Waals surface area contributed by atoms with Crippen molar-refractivity contribution < 1.29 is 14.7 Å². The van der Waals surface area contributed by atoms with Gasteiger partial charge in [0.25, 0.3) is 0 Å². The molecule has 1 N–H and O–H groups in total. The highest BCUT2D eigenvalue weighted by Gasteiger charge is 2.69. The zero-order valence-electron chi connectivity index (χ0n) is 23.6. The molecule has 5 aliphatic rings. The maximum absolute atomic E-state index is 12.4. The number of carboxylic acid groups (broad SMARTS) is 1. The average molecular weight is 503 g/mol. The Morgan fingerprint density at radius 1 is 0.838 bits per heavy atom. The summed E-state index contributed by atoms with van der Waals surface area (Å²) in [5.41, 5.74) is 3.87. The summed E-state index contributed by atoms with van der Waals surface area (Å²) in [5.74, 6) is 1.76. The number of carbonyl (C=O) groups excluding carboxylic acids is 1. The topological polar surface area (TPSA) is 54.4 Å². The second kappa shape index (κ2) is 8.06. The van der Waals surface area contributed by atoms with Crippen molar-refractivity contribution >= 4 is 17.8 Å². The molecule has 0 heterocycles. The number of rotatable bonds is 3. The number of hydrogen-bond acceptors (Lipinski definition) is 2. The third-order valence-electron chi connectivity index (χ3n) is 13.7. The molecule has 1 aromatic rings. The molecule has 1 aromatic carbocycles. The van der Waals surface area contributed by atoms with Gasteiger partial charge in [0.05, 0.1) is 5.56 Å². The molecule has 8 atom stereocenters. The molecule has 3 heteroatoms. The molecule has 0 spiro atoms. The monoisotopic (exact) mass is 502 g/mol. The number of aldehydes is 1. The molecule has 0 bridgehead atoms. The number of aromatic carboxylic acids is 1. The van der Waals surface area contributed by atoms with E-state index in [4.69, 9.17) is 0 Å². The molecule has 37 heavy (non-hydrogen) atoms. The Balaban J connectivity index is 1.35. The van der Waals surface area contributed by atoms with Crippen LogP contribution in [0, 0.1) is 50.7 Å². The predicted octanol–water partition coefficient (Wildman–Crippen LogP) is 8.43. The summed E-state index contributed by atoms with van der Waals surface area (Å²) in [6, 6.07) is 7.55. The summed E-state index contributed by atoms with van der Waals surface area (Å²) in [7, 11) is 0. The predicted molar refractivity (Wildman–Crippen MR) is 148 cm³/mol. The van der Waals surface area contributed by atoms with Crippen LogP contribution in [0.2, 0.25) is 0 Å². The Morgan fingerprint density at radius 2 is 1.57 bits per heavy atom. The molecule has 4 saturated carbocycles. The smallest absolute Gasteiger partial charge is 0.335 e. The van der Waals surface area contributed by atoms with Crippen molar-refractivity contribution in [3.05, 3.63) is 41.5 Å². The van der Waals surface area contributed by atoms with Gasteiger partial charge in [-0.3, -0.25) is 0 Å². The Bertz CT molecular complexity index is 1150. The molecule has 0 saturated heterocycles. The first-order chi connectivity index (χ1) is 17.4. The minimum absolute atomic E-state index is 0.0187. The lowest BCUT2D eigenvalue weighted by Gasteiger charge is -2.72. The summed E-state index contributed by atoms with van der Waals surface area (Å²) in [4.78, 5) is 23.8. The molecule has 5 aliphatic carbocycles. The van der Waals surface area contributed by atoms with Crippen LogP contribution in [0.3, 0.4) is 0 Å². The van der Waals surface area contributed by atoms with Gasteiger partial charge in [-0.05, 0) is 126 Å². The number of carboxylic acids is 1. The zero-order valence-corrected chi connectivity index (χ0v) is 23.6. The van der Waals surface area contributed by atoms with E-state index in [-0.39, 0.29) is 16.2 Å². The summed E-state index contributed by atoms with van der Waals surface area (Å²) < 4.78 is 0. The molecule has 4 fully saturated rings. The first-order valence-corrected chi connectivity index (χ1v) is 14.9. The Morgan fingerprint density at radius 3 is 2.24 bits per heavy atom. The zero-order chi connectivity index (χ0) is 26.4. The fraction of sp³-hybridized carbons (Fsp3) is 0.706. The molecule has 6 rings (SSSR count). The van der Waals surface area contributed by atoms with E-state index >= 15 is 0 Å². The van der Waals surface area contributed by atoms with Crippen molar-refractivity contribution in [2.75, 3.05) is 0 Å². The molecular weight excluding hydrogens is 456 g/mol. The van der Waals surface area contributed by atoms with Gasteiger partial charge in [0, 0.05) is 5.41 Å². The van der Waals surface area contributed by atoms with Crippen LogP contribution in [0.15, 0.2) is 30.3 Å². The van der Waals surface area contributed by atoms with Crippen molar-refractivity contribution in [2.45, 2.75) is 98.8 Å². The van der Waals surface area contributed by atoms with Crippen LogP contribution in [0.4, 0.5) is 0 Å². The Labute approximate surface area is 223 Å². The lowest BCUT2D eigenvalue weighted by molar-refractivity contribution is -0.220. The highest BCUT2D eigenvalue weighted by Crippen LogP contribution is 2.76. The van der Waals surface area contributed by atoms with E-state index in [0.29, 0.717) is 40.1 Å². The highest BCUT2D eigenvalue weighted by molar-refractivity contribution is 5.88. The van der Waals surface area contributed by atoms with Crippen LogP contribution >= 0.6 is 0 Å². The molecule has 3 nitrogen and oxygen atoms in total. The summed E-state index contributed by atoms with van der Waals surface area (Å²) in [5, 5.41) is 9.36. The van der Waals surface area contributed by atoms with E-state index in [1.54, 1.807) is 12.1 Å². The second-order valence-corrected chi connectivity index (χ2v) is 14.9. The minimum atomic E-state index is -0.864. The van der Waals surface area contributed by atoms with Crippen molar-refractivity contribution in [3.8, 4) is 0 Å². The number of hydrogen-bond donors (Lipinski definition) is 1. The molecule has 0 aromatic heterocycles. The van der Waals surface area contributed by atoms with E-state index in [2.05, 4.69) is 40.7 Å². The number of benzene rings is 1. The van der Waals surface area contributed by atoms with Crippen LogP contribution in [0.25, 0.3) is 5.57 Å². The summed E-state index contributed by atoms with van der Waals surface area (Å²) >= 11 is 0. The fourth-order valence-corrected chi connectivity index (χ4v) is 11.7. The van der Waals surface area contributed by atoms with Crippen LogP contribution in [-0.2, 0) is 4.79 Å². The lowest BCUT2D eigenvalue weighted by atomic mass is 9.33. The summed E-state index contributed by atoms with van der Waals surface area (Å²) in [6.07, 6.45) is 16.1. The van der Waals surface area contributed by atoms with Gasteiger partial charge in [-0.1, -0.05) is 59.2 Å².